The Morgan fingerprint density at radius 3 is 2.46 bits per heavy atom. The summed E-state index contributed by atoms with van der Waals surface area (Å²) in [7, 11) is 0. The molecule has 0 aliphatic carbocycles. The molecule has 5 rings (SSSR count). The fourth-order valence-electron chi connectivity index (χ4n) is 7.14. The molecule has 2 aromatic rings. The zero-order valence-corrected chi connectivity index (χ0v) is 25.0. The van der Waals surface area contributed by atoms with Crippen molar-refractivity contribution in [3.05, 3.63) is 60.2 Å². The third-order valence-electron chi connectivity index (χ3n) is 9.32. The van der Waals surface area contributed by atoms with Gasteiger partial charge in [-0.2, -0.15) is 0 Å². The van der Waals surface area contributed by atoms with Gasteiger partial charge in [-0.3, -0.25) is 14.4 Å². The molecular formula is C32H41N3O5S. The molecule has 3 amide bonds. The highest BCUT2D eigenvalue weighted by molar-refractivity contribution is 8.02. The number of hydrogen-bond donors (Lipinski definition) is 3. The van der Waals surface area contributed by atoms with Crippen LogP contribution in [-0.2, 0) is 20.9 Å². The maximum atomic E-state index is 14.4. The summed E-state index contributed by atoms with van der Waals surface area (Å²) in [5, 5.41) is 16.6. The molecule has 3 aliphatic rings. The van der Waals surface area contributed by atoms with Crippen LogP contribution in [0.25, 0.3) is 0 Å². The summed E-state index contributed by atoms with van der Waals surface area (Å²) in [6.07, 6.45) is 1.50. The van der Waals surface area contributed by atoms with Crippen molar-refractivity contribution in [2.45, 2.75) is 69.2 Å². The smallest absolute Gasteiger partial charge is 0.244 e. The minimum atomic E-state index is -0.775. The van der Waals surface area contributed by atoms with Gasteiger partial charge in [0.15, 0.2) is 0 Å². The molecule has 3 saturated heterocycles. The van der Waals surface area contributed by atoms with E-state index in [1.807, 2.05) is 63.2 Å². The van der Waals surface area contributed by atoms with Crippen LogP contribution in [0.2, 0.25) is 0 Å². The molecule has 0 radical (unpaired) electrons. The van der Waals surface area contributed by atoms with Gasteiger partial charge in [0.05, 0.1) is 35.8 Å². The number of ether oxygens (including phenoxy) is 1. The Labute approximate surface area is 246 Å². The molecule has 1 spiro atoms. The third kappa shape index (κ3) is 5.12. The number of nitrogens with zero attached hydrogens (tertiary/aromatic N) is 1. The fraction of sp³-hybridized carbons (Fsp3) is 0.531. The van der Waals surface area contributed by atoms with Gasteiger partial charge in [-0.25, -0.2) is 0 Å². The molecule has 2 aromatic carbocycles. The first-order valence-electron chi connectivity index (χ1n) is 14.7. The number of nitrogens with one attached hydrogen (secondary N) is 2. The summed E-state index contributed by atoms with van der Waals surface area (Å²) in [5.74, 6) is -1.08. The van der Waals surface area contributed by atoms with Gasteiger partial charge in [0, 0.05) is 17.5 Å². The minimum Gasteiger partial charge on any atom is -0.494 e. The van der Waals surface area contributed by atoms with Crippen molar-refractivity contribution in [2.24, 2.45) is 23.7 Å². The van der Waals surface area contributed by atoms with Gasteiger partial charge in [-0.1, -0.05) is 57.5 Å². The lowest BCUT2D eigenvalue weighted by molar-refractivity contribution is -0.143. The number of likely N-dealkylation sites (tertiary alicyclic amines) is 1. The van der Waals surface area contributed by atoms with Crippen LogP contribution in [0.1, 0.15) is 46.1 Å². The highest BCUT2D eigenvalue weighted by Crippen LogP contribution is 2.69. The Morgan fingerprint density at radius 2 is 1.83 bits per heavy atom. The van der Waals surface area contributed by atoms with Crippen LogP contribution in [0.5, 0.6) is 5.75 Å². The number of rotatable bonds is 11. The Morgan fingerprint density at radius 1 is 1.12 bits per heavy atom. The number of carbonyl (C=O) groups is 3. The monoisotopic (exact) mass is 579 g/mol. The van der Waals surface area contributed by atoms with E-state index in [1.165, 1.54) is 0 Å². The Bertz CT molecular complexity index is 1260. The van der Waals surface area contributed by atoms with Gasteiger partial charge < -0.3 is 25.4 Å². The lowest BCUT2D eigenvalue weighted by Gasteiger charge is -2.41. The first kappa shape index (κ1) is 29.5. The average molecular weight is 580 g/mol. The van der Waals surface area contributed by atoms with E-state index < -0.39 is 28.7 Å². The van der Waals surface area contributed by atoms with E-state index in [0.29, 0.717) is 18.8 Å². The fourth-order valence-corrected chi connectivity index (χ4v) is 9.55. The summed E-state index contributed by atoms with van der Waals surface area (Å²) >= 11 is 1.64. The Hall–Kier alpha value is -3.04. The van der Waals surface area contributed by atoms with Gasteiger partial charge in [-0.15, -0.1) is 11.8 Å². The number of carbonyl (C=O) groups excluding carboxylic acids is 3. The standard InChI is InChI=1S/C32H41N3O5S/c1-5-19(3)24(18-36)35-28(30(38)33-17-21-10-8-7-9-11-21)32-20(4)16-25(41-32)26(27(32)31(35)39)29(37)34-22-12-14-23(15-13-22)40-6-2/h7-15,19-20,24-28,36H,5-6,16-18H2,1-4H3,(H,33,38)(H,34,37)/t19-,20?,24-,25+,26-,27-,28?,32?/m0/s1. The second-order valence-electron chi connectivity index (χ2n) is 11.6. The topological polar surface area (TPSA) is 108 Å². The van der Waals surface area contributed by atoms with E-state index in [0.717, 1.165) is 24.2 Å². The highest BCUT2D eigenvalue weighted by Gasteiger charge is 2.76. The maximum absolute atomic E-state index is 14.4. The van der Waals surface area contributed by atoms with Crippen molar-refractivity contribution >= 4 is 35.2 Å². The van der Waals surface area contributed by atoms with Crippen molar-refractivity contribution in [3.8, 4) is 5.75 Å². The van der Waals surface area contributed by atoms with E-state index in [2.05, 4.69) is 17.6 Å². The zero-order chi connectivity index (χ0) is 29.3. The largest absolute Gasteiger partial charge is 0.494 e. The molecule has 3 N–H and O–H groups in total. The van der Waals surface area contributed by atoms with Gasteiger partial charge >= 0.3 is 0 Å². The van der Waals surface area contributed by atoms with Crippen LogP contribution in [-0.4, -0.2) is 63.0 Å². The van der Waals surface area contributed by atoms with E-state index >= 15 is 0 Å². The van der Waals surface area contributed by atoms with Gasteiger partial charge in [0.2, 0.25) is 17.7 Å². The van der Waals surface area contributed by atoms with Crippen LogP contribution in [0.4, 0.5) is 5.69 Å². The summed E-state index contributed by atoms with van der Waals surface area (Å²) in [4.78, 5) is 44.1. The van der Waals surface area contributed by atoms with E-state index in [9.17, 15) is 19.5 Å². The molecule has 9 heteroatoms. The van der Waals surface area contributed by atoms with Gasteiger partial charge in [0.1, 0.15) is 11.8 Å². The normalized spacial score (nSPS) is 29.6. The number of aliphatic hydroxyl groups is 1. The van der Waals surface area contributed by atoms with Crippen molar-refractivity contribution in [1.82, 2.24) is 10.2 Å². The lowest BCUT2D eigenvalue weighted by atomic mass is 9.66. The first-order valence-corrected chi connectivity index (χ1v) is 15.6. The molecule has 8 atom stereocenters. The molecular weight excluding hydrogens is 538 g/mol. The molecule has 0 saturated carbocycles. The van der Waals surface area contributed by atoms with Crippen LogP contribution in [0, 0.1) is 23.7 Å². The highest BCUT2D eigenvalue weighted by atomic mass is 32.2. The molecule has 3 heterocycles. The predicted octanol–water partition coefficient (Wildman–Crippen LogP) is 4.08. The minimum absolute atomic E-state index is 0.0164. The SMILES string of the molecule is CCOc1ccc(NC(=O)[C@@H]2[C@H]3C(=O)N([C@@H](CO)[C@@H](C)CC)C(C(=O)NCc4ccccc4)C34S[C@@H]2CC4C)cc1. The summed E-state index contributed by atoms with van der Waals surface area (Å²) in [6, 6.07) is 15.6. The molecule has 41 heavy (non-hydrogen) atoms. The summed E-state index contributed by atoms with van der Waals surface area (Å²) in [6.45, 7) is 8.70. The van der Waals surface area contributed by atoms with E-state index in [4.69, 9.17) is 4.74 Å². The average Bonchev–Trinajstić information content (AvgIpc) is 3.57. The van der Waals surface area contributed by atoms with Gasteiger partial charge in [-0.05, 0) is 55.0 Å². The molecule has 2 bridgehead atoms. The Balaban J connectivity index is 1.47. The zero-order valence-electron chi connectivity index (χ0n) is 24.2. The van der Waals surface area contributed by atoms with E-state index in [1.54, 1.807) is 28.8 Å². The summed E-state index contributed by atoms with van der Waals surface area (Å²) < 4.78 is 4.77. The molecule has 220 valence electrons. The second kappa shape index (κ2) is 12.1. The third-order valence-corrected chi connectivity index (χ3v) is 11.4. The number of anilines is 1. The number of aliphatic hydroxyl groups excluding tert-OH is 1. The van der Waals surface area contributed by atoms with Crippen molar-refractivity contribution in [1.29, 1.82) is 0 Å². The van der Waals surface area contributed by atoms with Crippen LogP contribution in [0.3, 0.4) is 0 Å². The summed E-state index contributed by atoms with van der Waals surface area (Å²) in [5.41, 5.74) is 1.61. The van der Waals surface area contributed by atoms with Crippen molar-refractivity contribution in [3.63, 3.8) is 0 Å². The number of thioether (sulfide) groups is 1. The van der Waals surface area contributed by atoms with Crippen LogP contribution < -0.4 is 15.4 Å². The van der Waals surface area contributed by atoms with Crippen molar-refractivity contribution < 1.29 is 24.2 Å². The van der Waals surface area contributed by atoms with E-state index in [-0.39, 0.29) is 41.4 Å². The second-order valence-corrected chi connectivity index (χ2v) is 13.1. The first-order chi connectivity index (χ1) is 19.8. The van der Waals surface area contributed by atoms with Gasteiger partial charge in [0.25, 0.3) is 0 Å². The van der Waals surface area contributed by atoms with Crippen LogP contribution >= 0.6 is 11.8 Å². The Kier molecular flexibility index (Phi) is 8.66. The number of benzene rings is 2. The molecule has 8 nitrogen and oxygen atoms in total. The van der Waals surface area contributed by atoms with Crippen molar-refractivity contribution in [2.75, 3.05) is 18.5 Å². The lowest BCUT2D eigenvalue weighted by Crippen LogP contribution is -2.59. The number of hydrogen-bond acceptors (Lipinski definition) is 6. The maximum Gasteiger partial charge on any atom is 0.244 e. The molecule has 3 unspecified atom stereocenters. The number of fused-ring (bicyclic) bond motifs is 1. The molecule has 3 aliphatic heterocycles. The molecule has 3 fully saturated rings. The molecule has 0 aromatic heterocycles. The van der Waals surface area contributed by atoms with Crippen LogP contribution in [0.15, 0.2) is 54.6 Å². The predicted molar refractivity (Wildman–Crippen MR) is 160 cm³/mol. The quantitative estimate of drug-likeness (QED) is 0.370. The number of amides is 3.